The van der Waals surface area contributed by atoms with Gasteiger partial charge >= 0.3 is 0 Å². The van der Waals surface area contributed by atoms with Gasteiger partial charge in [-0.15, -0.1) is 11.3 Å². The minimum absolute atomic E-state index is 0.329. The number of rotatable bonds is 3. The molecule has 0 fully saturated rings. The lowest BCUT2D eigenvalue weighted by atomic mass is 10.0. The number of benzene rings is 1. The van der Waals surface area contributed by atoms with E-state index >= 15 is 0 Å². The Morgan fingerprint density at radius 1 is 1.17 bits per heavy atom. The zero-order valence-electron chi connectivity index (χ0n) is 9.31. The maximum atomic E-state index is 13.8. The average molecular weight is 308 g/mol. The Balaban J connectivity index is 2.48. The van der Waals surface area contributed by atoms with Crippen LogP contribution in [0, 0.1) is 11.6 Å². The minimum Gasteiger partial charge on any atom is -0.309 e. The number of hydrogen-bond donors (Lipinski definition) is 1. The second kappa shape index (κ2) is 5.53. The van der Waals surface area contributed by atoms with Crippen LogP contribution in [0.4, 0.5) is 8.78 Å². The summed E-state index contributed by atoms with van der Waals surface area (Å²) in [5.41, 5.74) is 1.01. The average Bonchev–Trinajstić information content (AvgIpc) is 2.62. The van der Waals surface area contributed by atoms with Gasteiger partial charge in [-0.2, -0.15) is 0 Å². The Labute approximate surface area is 117 Å². The van der Waals surface area contributed by atoms with Crippen LogP contribution in [0.25, 0.3) is 0 Å². The van der Waals surface area contributed by atoms with Crippen LogP contribution >= 0.6 is 34.5 Å². The highest BCUT2D eigenvalue weighted by atomic mass is 35.5. The van der Waals surface area contributed by atoms with Crippen molar-refractivity contribution in [2.45, 2.75) is 6.04 Å². The molecule has 0 saturated carbocycles. The van der Waals surface area contributed by atoms with Crippen LogP contribution in [0.15, 0.2) is 24.3 Å². The SMILES string of the molecule is CNC(c1ccc(F)cc1F)c1cc(Cl)sc1Cl. The normalized spacial score (nSPS) is 12.7. The smallest absolute Gasteiger partial charge is 0.131 e. The van der Waals surface area contributed by atoms with Crippen LogP contribution in [-0.2, 0) is 0 Å². The third kappa shape index (κ3) is 2.67. The molecule has 0 radical (unpaired) electrons. The summed E-state index contributed by atoms with van der Waals surface area (Å²) in [5, 5.41) is 2.95. The molecular weight excluding hydrogens is 299 g/mol. The van der Waals surface area contributed by atoms with Crippen molar-refractivity contribution < 1.29 is 8.78 Å². The van der Waals surface area contributed by atoms with Crippen molar-refractivity contribution in [3.05, 3.63) is 55.7 Å². The molecule has 1 nitrogen and oxygen atoms in total. The predicted octanol–water partition coefficient (Wildman–Crippen LogP) is 4.64. The van der Waals surface area contributed by atoms with E-state index in [1.165, 1.54) is 23.5 Å². The van der Waals surface area contributed by atoms with Gasteiger partial charge in [-0.1, -0.05) is 29.3 Å². The summed E-state index contributed by atoms with van der Waals surface area (Å²) >= 11 is 13.1. The van der Waals surface area contributed by atoms with E-state index in [2.05, 4.69) is 5.32 Å². The standard InChI is InChI=1S/C12H9Cl2F2NS/c1-17-11(8-5-10(13)18-12(8)14)7-3-2-6(15)4-9(7)16/h2-5,11,17H,1H3. The highest BCUT2D eigenvalue weighted by molar-refractivity contribution is 7.20. The second-order valence-corrected chi connectivity index (χ2v) is 5.95. The first-order chi connectivity index (χ1) is 8.52. The molecule has 0 aliphatic heterocycles. The third-order valence-corrected chi connectivity index (χ3v) is 4.07. The van der Waals surface area contributed by atoms with E-state index < -0.39 is 17.7 Å². The highest BCUT2D eigenvalue weighted by Crippen LogP contribution is 2.37. The van der Waals surface area contributed by atoms with Crippen LogP contribution in [0.1, 0.15) is 17.2 Å². The van der Waals surface area contributed by atoms with Crippen LogP contribution in [0.3, 0.4) is 0 Å². The van der Waals surface area contributed by atoms with Crippen molar-refractivity contribution in [1.29, 1.82) is 0 Å². The fourth-order valence-electron chi connectivity index (χ4n) is 1.76. The van der Waals surface area contributed by atoms with Crippen LogP contribution in [0.2, 0.25) is 8.67 Å². The molecule has 96 valence electrons. The van der Waals surface area contributed by atoms with Crippen LogP contribution < -0.4 is 5.32 Å². The first-order valence-corrected chi connectivity index (χ1v) is 6.67. The van der Waals surface area contributed by atoms with Gasteiger partial charge in [-0.05, 0) is 19.2 Å². The first-order valence-electron chi connectivity index (χ1n) is 5.10. The molecule has 1 aromatic heterocycles. The van der Waals surface area contributed by atoms with Crippen molar-refractivity contribution in [3.63, 3.8) is 0 Å². The Bertz CT molecular complexity index is 571. The fraction of sp³-hybridized carbons (Fsp3) is 0.167. The lowest BCUT2D eigenvalue weighted by molar-refractivity contribution is 0.552. The number of hydrogen-bond acceptors (Lipinski definition) is 2. The molecule has 1 atom stereocenters. The molecule has 2 rings (SSSR count). The van der Waals surface area contributed by atoms with E-state index in [1.807, 2.05) is 0 Å². The minimum atomic E-state index is -0.618. The zero-order valence-corrected chi connectivity index (χ0v) is 11.6. The maximum absolute atomic E-state index is 13.8. The second-order valence-electron chi connectivity index (χ2n) is 3.67. The maximum Gasteiger partial charge on any atom is 0.131 e. The molecule has 0 bridgehead atoms. The van der Waals surface area contributed by atoms with Gasteiger partial charge in [-0.25, -0.2) is 8.78 Å². The number of thiophene rings is 1. The van der Waals surface area contributed by atoms with E-state index in [1.54, 1.807) is 13.1 Å². The van der Waals surface area contributed by atoms with Crippen molar-refractivity contribution in [1.82, 2.24) is 5.32 Å². The molecule has 6 heteroatoms. The van der Waals surface area contributed by atoms with E-state index in [4.69, 9.17) is 23.2 Å². The summed E-state index contributed by atoms with van der Waals surface area (Å²) in [5.74, 6) is -1.23. The Hall–Kier alpha value is -0.680. The molecule has 0 saturated heterocycles. The quantitative estimate of drug-likeness (QED) is 0.871. The van der Waals surface area contributed by atoms with Gasteiger partial charge in [0.2, 0.25) is 0 Å². The van der Waals surface area contributed by atoms with Crippen molar-refractivity contribution in [2.24, 2.45) is 0 Å². The number of halogens is 4. The zero-order chi connectivity index (χ0) is 13.3. The molecule has 2 aromatic rings. The summed E-state index contributed by atoms with van der Waals surface area (Å²) in [4.78, 5) is 0. The number of nitrogens with one attached hydrogen (secondary N) is 1. The van der Waals surface area contributed by atoms with E-state index in [9.17, 15) is 8.78 Å². The third-order valence-electron chi connectivity index (χ3n) is 2.56. The molecule has 1 aromatic carbocycles. The van der Waals surface area contributed by atoms with Gasteiger partial charge in [0, 0.05) is 17.2 Å². The van der Waals surface area contributed by atoms with Gasteiger partial charge in [-0.3, -0.25) is 0 Å². The highest BCUT2D eigenvalue weighted by Gasteiger charge is 2.21. The lowest BCUT2D eigenvalue weighted by Crippen LogP contribution is -2.18. The van der Waals surface area contributed by atoms with Crippen molar-refractivity contribution in [2.75, 3.05) is 7.05 Å². The summed E-state index contributed by atoms with van der Waals surface area (Å²) in [6.07, 6.45) is 0. The largest absolute Gasteiger partial charge is 0.309 e. The molecule has 1 N–H and O–H groups in total. The van der Waals surface area contributed by atoms with Gasteiger partial charge in [0.15, 0.2) is 0 Å². The van der Waals surface area contributed by atoms with E-state index in [-0.39, 0.29) is 0 Å². The Kier molecular flexibility index (Phi) is 4.22. The fourth-order valence-corrected chi connectivity index (χ4v) is 3.30. The molecule has 18 heavy (non-hydrogen) atoms. The Morgan fingerprint density at radius 3 is 2.39 bits per heavy atom. The monoisotopic (exact) mass is 307 g/mol. The van der Waals surface area contributed by atoms with Crippen LogP contribution in [0.5, 0.6) is 0 Å². The van der Waals surface area contributed by atoms with Crippen molar-refractivity contribution >= 4 is 34.5 Å². The van der Waals surface area contributed by atoms with E-state index in [0.29, 0.717) is 19.8 Å². The molecule has 1 unspecified atom stereocenters. The molecule has 0 aliphatic rings. The molecule has 0 spiro atoms. The topological polar surface area (TPSA) is 12.0 Å². The van der Waals surface area contributed by atoms with Crippen molar-refractivity contribution in [3.8, 4) is 0 Å². The Morgan fingerprint density at radius 2 is 1.89 bits per heavy atom. The van der Waals surface area contributed by atoms with Gasteiger partial charge in [0.25, 0.3) is 0 Å². The van der Waals surface area contributed by atoms with Crippen LogP contribution in [-0.4, -0.2) is 7.05 Å². The molecule has 1 heterocycles. The summed E-state index contributed by atoms with van der Waals surface area (Å²) in [6.45, 7) is 0. The van der Waals surface area contributed by atoms with E-state index in [0.717, 1.165) is 6.07 Å². The predicted molar refractivity (Wildman–Crippen MR) is 71.6 cm³/mol. The lowest BCUT2D eigenvalue weighted by Gasteiger charge is -2.17. The summed E-state index contributed by atoms with van der Waals surface area (Å²) < 4.78 is 27.7. The molecular formula is C12H9Cl2F2NS. The molecule has 0 aliphatic carbocycles. The summed E-state index contributed by atoms with van der Waals surface area (Å²) in [7, 11) is 1.68. The van der Waals surface area contributed by atoms with Gasteiger partial charge in [0.05, 0.1) is 14.7 Å². The first kappa shape index (κ1) is 13.7. The summed E-state index contributed by atoms with van der Waals surface area (Å²) in [6, 6.07) is 4.68. The molecule has 0 amide bonds. The van der Waals surface area contributed by atoms with Gasteiger partial charge in [0.1, 0.15) is 11.6 Å². The van der Waals surface area contributed by atoms with Gasteiger partial charge < -0.3 is 5.32 Å².